The molecule has 0 aliphatic heterocycles. The first kappa shape index (κ1) is 10.7. The molecule has 5 heteroatoms. The quantitative estimate of drug-likeness (QED) is 0.757. The smallest absolute Gasteiger partial charge is 0.186 e. The SMILES string of the molecule is CC(=O)SCC#Cc1[nH]nc2ncccc12. The lowest BCUT2D eigenvalue weighted by atomic mass is 10.3. The van der Waals surface area contributed by atoms with Gasteiger partial charge in [0.2, 0.25) is 0 Å². The number of nitrogens with one attached hydrogen (secondary N) is 1. The molecule has 0 bridgehead atoms. The molecule has 0 unspecified atom stereocenters. The minimum absolute atomic E-state index is 0.0745. The van der Waals surface area contributed by atoms with Gasteiger partial charge >= 0.3 is 0 Å². The van der Waals surface area contributed by atoms with Crippen LogP contribution in [-0.2, 0) is 4.79 Å². The highest BCUT2D eigenvalue weighted by Gasteiger charge is 2.01. The first-order valence-corrected chi connectivity index (χ1v) is 5.67. The lowest BCUT2D eigenvalue weighted by molar-refractivity contribution is -0.109. The number of carbonyl (C=O) groups is 1. The average Bonchev–Trinajstić information content (AvgIpc) is 2.68. The topological polar surface area (TPSA) is 58.6 Å². The van der Waals surface area contributed by atoms with Crippen LogP contribution >= 0.6 is 11.8 Å². The van der Waals surface area contributed by atoms with E-state index in [1.165, 1.54) is 18.7 Å². The number of nitrogens with zero attached hydrogens (tertiary/aromatic N) is 2. The van der Waals surface area contributed by atoms with Gasteiger partial charge in [-0.2, -0.15) is 5.10 Å². The van der Waals surface area contributed by atoms with E-state index in [1.54, 1.807) is 6.20 Å². The highest BCUT2D eigenvalue weighted by molar-refractivity contribution is 8.13. The molecule has 0 spiro atoms. The number of H-pyrrole nitrogens is 1. The molecule has 0 aliphatic carbocycles. The molecule has 80 valence electrons. The molecule has 0 aliphatic rings. The molecule has 2 aromatic rings. The number of aromatic amines is 1. The zero-order valence-corrected chi connectivity index (χ0v) is 9.47. The molecule has 4 nitrogen and oxygen atoms in total. The van der Waals surface area contributed by atoms with Crippen LogP contribution in [0.25, 0.3) is 11.0 Å². The minimum atomic E-state index is 0.0745. The van der Waals surface area contributed by atoms with E-state index in [-0.39, 0.29) is 5.12 Å². The van der Waals surface area contributed by atoms with Crippen molar-refractivity contribution in [3.05, 3.63) is 24.0 Å². The molecule has 0 amide bonds. The number of fused-ring (bicyclic) bond motifs is 1. The summed E-state index contributed by atoms with van der Waals surface area (Å²) in [6.45, 7) is 1.53. The molecule has 0 atom stereocenters. The van der Waals surface area contributed by atoms with Gasteiger partial charge in [-0.15, -0.1) is 0 Å². The number of pyridine rings is 1. The normalized spacial score (nSPS) is 9.81. The zero-order valence-electron chi connectivity index (χ0n) is 8.65. The lowest BCUT2D eigenvalue weighted by Gasteiger charge is -1.86. The van der Waals surface area contributed by atoms with Gasteiger partial charge in [0.05, 0.1) is 11.1 Å². The maximum atomic E-state index is 10.7. The molecular formula is C11H9N3OS. The number of thioether (sulfide) groups is 1. The Kier molecular flexibility index (Phi) is 3.22. The Hall–Kier alpha value is -1.80. The fraction of sp³-hybridized carbons (Fsp3) is 0.182. The van der Waals surface area contributed by atoms with E-state index in [1.807, 2.05) is 12.1 Å². The van der Waals surface area contributed by atoms with Gasteiger partial charge in [-0.05, 0) is 18.1 Å². The van der Waals surface area contributed by atoms with Gasteiger partial charge in [0.1, 0.15) is 5.69 Å². The van der Waals surface area contributed by atoms with Crippen molar-refractivity contribution in [1.82, 2.24) is 15.2 Å². The highest BCUT2D eigenvalue weighted by atomic mass is 32.2. The van der Waals surface area contributed by atoms with Gasteiger partial charge in [-0.25, -0.2) is 4.98 Å². The van der Waals surface area contributed by atoms with E-state index in [2.05, 4.69) is 27.0 Å². The van der Waals surface area contributed by atoms with Crippen LogP contribution in [0.4, 0.5) is 0 Å². The molecule has 2 aromatic heterocycles. The van der Waals surface area contributed by atoms with Crippen molar-refractivity contribution >= 4 is 27.9 Å². The van der Waals surface area contributed by atoms with Gasteiger partial charge in [0, 0.05) is 13.1 Å². The van der Waals surface area contributed by atoms with E-state index in [4.69, 9.17) is 0 Å². The summed E-state index contributed by atoms with van der Waals surface area (Å²) in [5, 5.41) is 7.82. The van der Waals surface area contributed by atoms with Crippen LogP contribution in [0.5, 0.6) is 0 Å². The van der Waals surface area contributed by atoms with Crippen molar-refractivity contribution in [3.8, 4) is 11.8 Å². The molecule has 0 fully saturated rings. The fourth-order valence-electron chi connectivity index (χ4n) is 1.21. The Morgan fingerprint density at radius 2 is 2.50 bits per heavy atom. The molecule has 2 heterocycles. The summed E-state index contributed by atoms with van der Waals surface area (Å²) in [5.74, 6) is 6.34. The maximum Gasteiger partial charge on any atom is 0.186 e. The largest absolute Gasteiger partial charge is 0.288 e. The Labute approximate surface area is 96.8 Å². The maximum absolute atomic E-state index is 10.7. The van der Waals surface area contributed by atoms with E-state index in [0.29, 0.717) is 11.4 Å². The monoisotopic (exact) mass is 231 g/mol. The highest BCUT2D eigenvalue weighted by Crippen LogP contribution is 2.11. The lowest BCUT2D eigenvalue weighted by Crippen LogP contribution is -1.82. The van der Waals surface area contributed by atoms with Crippen molar-refractivity contribution in [2.24, 2.45) is 0 Å². The summed E-state index contributed by atoms with van der Waals surface area (Å²) in [6.07, 6.45) is 1.69. The van der Waals surface area contributed by atoms with E-state index in [0.717, 1.165) is 11.1 Å². The predicted octanol–water partition coefficient (Wildman–Crippen LogP) is 1.59. The van der Waals surface area contributed by atoms with Crippen LogP contribution in [0.1, 0.15) is 12.6 Å². The molecule has 0 saturated carbocycles. The first-order chi connectivity index (χ1) is 7.77. The summed E-state index contributed by atoms with van der Waals surface area (Å²) in [7, 11) is 0. The van der Waals surface area contributed by atoms with Crippen molar-refractivity contribution in [2.45, 2.75) is 6.92 Å². The predicted molar refractivity (Wildman–Crippen MR) is 63.9 cm³/mol. The van der Waals surface area contributed by atoms with Crippen LogP contribution in [-0.4, -0.2) is 26.0 Å². The summed E-state index contributed by atoms with van der Waals surface area (Å²) in [6, 6.07) is 3.75. The van der Waals surface area contributed by atoms with E-state index < -0.39 is 0 Å². The molecular weight excluding hydrogens is 222 g/mol. The number of rotatable bonds is 1. The first-order valence-electron chi connectivity index (χ1n) is 4.68. The number of carbonyl (C=O) groups excluding carboxylic acids is 1. The van der Waals surface area contributed by atoms with Gasteiger partial charge in [0.15, 0.2) is 10.8 Å². The zero-order chi connectivity index (χ0) is 11.4. The van der Waals surface area contributed by atoms with E-state index in [9.17, 15) is 4.79 Å². The van der Waals surface area contributed by atoms with Gasteiger partial charge < -0.3 is 0 Å². The van der Waals surface area contributed by atoms with Gasteiger partial charge in [0.25, 0.3) is 0 Å². The number of hydrogen-bond donors (Lipinski definition) is 1. The van der Waals surface area contributed by atoms with E-state index >= 15 is 0 Å². The third-order valence-electron chi connectivity index (χ3n) is 1.89. The van der Waals surface area contributed by atoms with Crippen molar-refractivity contribution in [3.63, 3.8) is 0 Å². The van der Waals surface area contributed by atoms with Crippen LogP contribution in [0.2, 0.25) is 0 Å². The minimum Gasteiger partial charge on any atom is -0.288 e. The molecule has 1 N–H and O–H groups in total. The van der Waals surface area contributed by atoms with Gasteiger partial charge in [-0.1, -0.05) is 17.7 Å². The number of aromatic nitrogens is 3. The molecule has 16 heavy (non-hydrogen) atoms. The second kappa shape index (κ2) is 4.81. The Bertz CT molecular complexity index is 579. The standard InChI is InChI=1S/C11H9N3OS/c1-8(15)16-7-3-5-10-9-4-2-6-12-11(9)14-13-10/h2,4,6H,7H2,1H3,(H,12,13,14). The molecule has 0 saturated heterocycles. The summed E-state index contributed by atoms with van der Waals surface area (Å²) >= 11 is 1.20. The van der Waals surface area contributed by atoms with Crippen LogP contribution < -0.4 is 0 Å². The van der Waals surface area contributed by atoms with Crippen molar-refractivity contribution in [2.75, 3.05) is 5.75 Å². The van der Waals surface area contributed by atoms with Crippen LogP contribution in [0.15, 0.2) is 18.3 Å². The summed E-state index contributed by atoms with van der Waals surface area (Å²) in [5.41, 5.74) is 1.40. The summed E-state index contributed by atoms with van der Waals surface area (Å²) < 4.78 is 0. The Morgan fingerprint density at radius 3 is 3.31 bits per heavy atom. The van der Waals surface area contributed by atoms with Crippen molar-refractivity contribution in [1.29, 1.82) is 0 Å². The number of hydrogen-bond acceptors (Lipinski definition) is 4. The summed E-state index contributed by atoms with van der Waals surface area (Å²) in [4.78, 5) is 14.8. The second-order valence-corrected chi connectivity index (χ2v) is 4.21. The third kappa shape index (κ3) is 2.41. The van der Waals surface area contributed by atoms with Crippen molar-refractivity contribution < 1.29 is 4.79 Å². The third-order valence-corrected chi connectivity index (χ3v) is 2.59. The molecule has 2 rings (SSSR count). The van der Waals surface area contributed by atoms with Crippen LogP contribution in [0.3, 0.4) is 0 Å². The molecule has 0 radical (unpaired) electrons. The Balaban J connectivity index is 2.18. The molecule has 0 aromatic carbocycles. The van der Waals surface area contributed by atoms with Crippen LogP contribution in [0, 0.1) is 11.8 Å². The Morgan fingerprint density at radius 1 is 1.62 bits per heavy atom. The fourth-order valence-corrected chi connectivity index (χ4v) is 1.56. The van der Waals surface area contributed by atoms with Gasteiger partial charge in [-0.3, -0.25) is 9.89 Å². The second-order valence-electron chi connectivity index (χ2n) is 3.06. The average molecular weight is 231 g/mol.